The molecule has 0 aliphatic carbocycles. The van der Waals surface area contributed by atoms with E-state index in [4.69, 9.17) is 0 Å². The summed E-state index contributed by atoms with van der Waals surface area (Å²) in [5, 5.41) is 74.7. The highest BCUT2D eigenvalue weighted by atomic mass is 19.4. The van der Waals surface area contributed by atoms with Gasteiger partial charge in [0.05, 0.1) is 0 Å². The summed E-state index contributed by atoms with van der Waals surface area (Å²) in [6, 6.07) is -2.92. The number of likely N-dealkylation sites (tertiary alicyclic amines) is 1. The molecule has 0 spiro atoms. The Balaban J connectivity index is 1.77. The van der Waals surface area contributed by atoms with Gasteiger partial charge in [0.15, 0.2) is 23.6 Å². The van der Waals surface area contributed by atoms with Crippen LogP contribution in [0.4, 0.5) is 30.7 Å². The van der Waals surface area contributed by atoms with Crippen molar-refractivity contribution in [3.05, 3.63) is 39.2 Å². The molecule has 0 saturated carbocycles. The topological polar surface area (TPSA) is 155 Å². The maximum atomic E-state index is 14.5. The lowest BCUT2D eigenvalue weighted by atomic mass is 9.87. The molecule has 2 saturated heterocycles. The van der Waals surface area contributed by atoms with Gasteiger partial charge in [-0.15, -0.1) is 0 Å². The summed E-state index contributed by atoms with van der Waals surface area (Å²) < 4.78 is 98.3. The van der Waals surface area contributed by atoms with Crippen molar-refractivity contribution in [3.63, 3.8) is 0 Å². The molecular formula is C32H43F7N4O7. The molecule has 282 valence electrons. The molecule has 0 aromatic heterocycles. The number of aliphatic hydroxyl groups excluding tert-OH is 1. The molecule has 4 rings (SSSR count). The Labute approximate surface area is 284 Å². The van der Waals surface area contributed by atoms with Crippen LogP contribution in [0.3, 0.4) is 0 Å². The summed E-state index contributed by atoms with van der Waals surface area (Å²) in [6.07, 6.45) is -12.4. The molecule has 2 fully saturated rings. The van der Waals surface area contributed by atoms with Gasteiger partial charge in [-0.25, -0.2) is 0 Å². The van der Waals surface area contributed by atoms with E-state index >= 15 is 0 Å². The van der Waals surface area contributed by atoms with E-state index < -0.39 is 93.3 Å². The molecule has 4 atom stereocenters. The third-order valence-electron chi connectivity index (χ3n) is 10.2. The molecule has 2 aromatic carbocycles. The number of benzene rings is 2. The quantitative estimate of drug-likeness (QED) is 0.0909. The van der Waals surface area contributed by atoms with Crippen molar-refractivity contribution in [3.8, 4) is 28.7 Å². The Kier molecular flexibility index (Phi) is 10.8. The summed E-state index contributed by atoms with van der Waals surface area (Å²) in [5.74, 6) is -8.50. The van der Waals surface area contributed by atoms with Crippen molar-refractivity contribution in [2.24, 2.45) is 0 Å². The van der Waals surface area contributed by atoms with E-state index in [1.807, 2.05) is 4.90 Å². The molecule has 4 unspecified atom stereocenters. The van der Waals surface area contributed by atoms with E-state index in [9.17, 15) is 66.5 Å². The molecule has 7 N–H and O–H groups in total. The smallest absolute Gasteiger partial charge is 0.423 e. The van der Waals surface area contributed by atoms with Crippen molar-refractivity contribution in [1.82, 2.24) is 19.6 Å². The van der Waals surface area contributed by atoms with E-state index in [0.717, 1.165) is 18.7 Å². The highest BCUT2D eigenvalue weighted by Gasteiger charge is 2.48. The molecule has 2 aliphatic heterocycles. The zero-order valence-corrected chi connectivity index (χ0v) is 28.3. The van der Waals surface area contributed by atoms with Crippen LogP contribution in [-0.4, -0.2) is 113 Å². The number of alkyl halides is 6. The number of hydrogen-bond donors (Lipinski definition) is 7. The molecule has 18 heteroatoms. The second-order valence-electron chi connectivity index (χ2n) is 13.5. The van der Waals surface area contributed by atoms with Gasteiger partial charge in [0.1, 0.15) is 28.4 Å². The van der Waals surface area contributed by atoms with Crippen molar-refractivity contribution < 1.29 is 66.5 Å². The second-order valence-corrected chi connectivity index (χ2v) is 13.5. The van der Waals surface area contributed by atoms with Crippen LogP contribution in [0.15, 0.2) is 0 Å². The first-order valence-corrected chi connectivity index (χ1v) is 15.8. The standard InChI is InChI=1S/C32H43F7N4O7/c1-14-19(25(45)22(32(37,38)39)27(47)21(14)31(34,35)36)16(3)40(6)29(49)43-8-7-17(41-9-11-42(12-10-41)30(4,5)50)13-18(43)20-15(2)24(44)23(33)28(48)26(20)46/h16-18,29,44-50H,7-13H2,1-6H3. The van der Waals surface area contributed by atoms with Gasteiger partial charge >= 0.3 is 12.4 Å². The summed E-state index contributed by atoms with van der Waals surface area (Å²) in [6.45, 7) is 8.51. The van der Waals surface area contributed by atoms with Crippen LogP contribution in [0.25, 0.3) is 0 Å². The minimum Gasteiger partial charge on any atom is -0.507 e. The number of phenols is 5. The zero-order valence-electron chi connectivity index (χ0n) is 28.3. The Bertz CT molecular complexity index is 1520. The molecular weight excluding hydrogens is 685 g/mol. The fourth-order valence-electron chi connectivity index (χ4n) is 7.34. The SMILES string of the molecule is Cc1c(O)c(F)c(O)c(O)c1C1CC(N2CCN(C(C)(C)O)CC2)CCN1C(O)N(C)C(C)c1c(C)c(C(F)(F)F)c(O)c(C(F)(F)F)c1O. The lowest BCUT2D eigenvalue weighted by Gasteiger charge is -2.50. The molecule has 11 nitrogen and oxygen atoms in total. The lowest BCUT2D eigenvalue weighted by Crippen LogP contribution is -2.59. The van der Waals surface area contributed by atoms with Gasteiger partial charge in [0.2, 0.25) is 5.82 Å². The Hall–Kier alpha value is -3.29. The van der Waals surface area contributed by atoms with E-state index in [1.165, 1.54) is 18.9 Å². The second kappa shape index (κ2) is 13.7. The van der Waals surface area contributed by atoms with E-state index in [2.05, 4.69) is 4.90 Å². The van der Waals surface area contributed by atoms with E-state index in [1.54, 1.807) is 13.8 Å². The fourth-order valence-corrected chi connectivity index (χ4v) is 7.34. The number of aliphatic hydroxyl groups is 2. The van der Waals surface area contributed by atoms with Gasteiger partial charge in [-0.3, -0.25) is 19.6 Å². The average molecular weight is 729 g/mol. The van der Waals surface area contributed by atoms with Crippen LogP contribution in [-0.2, 0) is 12.4 Å². The van der Waals surface area contributed by atoms with Gasteiger partial charge in [-0.1, -0.05) is 0 Å². The largest absolute Gasteiger partial charge is 0.507 e. The Morgan fingerprint density at radius 3 is 1.80 bits per heavy atom. The van der Waals surface area contributed by atoms with Crippen molar-refractivity contribution in [2.75, 3.05) is 39.8 Å². The summed E-state index contributed by atoms with van der Waals surface area (Å²) in [5.41, 5.74) is -7.48. The molecule has 2 aromatic rings. The van der Waals surface area contributed by atoms with Crippen LogP contribution in [0, 0.1) is 19.7 Å². The Morgan fingerprint density at radius 2 is 1.30 bits per heavy atom. The lowest BCUT2D eigenvalue weighted by molar-refractivity contribution is -0.154. The molecule has 0 bridgehead atoms. The minimum absolute atomic E-state index is 0.000802. The maximum Gasteiger partial charge on any atom is 0.423 e. The number of piperidine rings is 1. The molecule has 50 heavy (non-hydrogen) atoms. The normalized spacial score (nSPS) is 21.9. The molecule has 0 radical (unpaired) electrons. The third kappa shape index (κ3) is 7.10. The van der Waals surface area contributed by atoms with Crippen LogP contribution in [0.1, 0.15) is 79.1 Å². The number of phenolic OH excluding ortho intramolecular Hbond substituents is 5. The summed E-state index contributed by atoms with van der Waals surface area (Å²) >= 11 is 0. The first-order valence-electron chi connectivity index (χ1n) is 15.8. The number of rotatable bonds is 7. The first kappa shape index (κ1) is 39.5. The third-order valence-corrected chi connectivity index (χ3v) is 10.2. The molecule has 0 amide bonds. The highest BCUT2D eigenvalue weighted by Crippen LogP contribution is 2.54. The van der Waals surface area contributed by atoms with Crippen molar-refractivity contribution >= 4 is 0 Å². The monoisotopic (exact) mass is 728 g/mol. The number of piperazine rings is 1. The molecule has 2 heterocycles. The number of aromatic hydroxyl groups is 5. The fraction of sp³-hybridized carbons (Fsp3) is 0.625. The van der Waals surface area contributed by atoms with Crippen LogP contribution < -0.4 is 0 Å². The number of hydrogen-bond acceptors (Lipinski definition) is 11. The maximum absolute atomic E-state index is 14.5. The average Bonchev–Trinajstić information content (AvgIpc) is 3.00. The van der Waals surface area contributed by atoms with E-state index in [-0.39, 0.29) is 30.1 Å². The number of nitrogens with zero attached hydrogens (tertiary/aromatic N) is 4. The molecule has 2 aliphatic rings. The van der Waals surface area contributed by atoms with Crippen LogP contribution >= 0.6 is 0 Å². The Morgan fingerprint density at radius 1 is 0.760 bits per heavy atom. The van der Waals surface area contributed by atoms with Crippen LogP contribution in [0.5, 0.6) is 28.7 Å². The highest BCUT2D eigenvalue weighted by molar-refractivity contribution is 5.61. The van der Waals surface area contributed by atoms with Gasteiger partial charge in [-0.05, 0) is 60.1 Å². The van der Waals surface area contributed by atoms with E-state index in [0.29, 0.717) is 32.6 Å². The predicted octanol–water partition coefficient (Wildman–Crippen LogP) is 4.83. The summed E-state index contributed by atoms with van der Waals surface area (Å²) in [7, 11) is 1.17. The van der Waals surface area contributed by atoms with Gasteiger partial charge < -0.3 is 35.7 Å². The van der Waals surface area contributed by atoms with Gasteiger partial charge in [-0.2, -0.15) is 30.7 Å². The predicted molar refractivity (Wildman–Crippen MR) is 165 cm³/mol. The van der Waals surface area contributed by atoms with Gasteiger partial charge in [0, 0.05) is 67.5 Å². The summed E-state index contributed by atoms with van der Waals surface area (Å²) in [4.78, 5) is 6.29. The first-order chi connectivity index (χ1) is 22.8. The minimum atomic E-state index is -5.60. The number of halogens is 7. The van der Waals surface area contributed by atoms with Crippen LogP contribution in [0.2, 0.25) is 0 Å². The zero-order chi connectivity index (χ0) is 38.0. The van der Waals surface area contributed by atoms with Gasteiger partial charge in [0.25, 0.3) is 0 Å². The van der Waals surface area contributed by atoms with Crippen molar-refractivity contribution in [2.45, 2.75) is 90.0 Å². The van der Waals surface area contributed by atoms with Crippen molar-refractivity contribution in [1.29, 1.82) is 0 Å².